The highest BCUT2D eigenvalue weighted by Crippen LogP contribution is 2.28. The standard InChI is InChI=1S/C16H26N2O2/c1-4-19-15-5-7-18(8-6-15)14-9-13(17)10-16(11-14)20-12(2)3/h9-12,15H,4-8,17H2,1-3H3. The van der Waals surface area contributed by atoms with E-state index in [9.17, 15) is 0 Å². The Morgan fingerprint density at radius 3 is 2.55 bits per heavy atom. The SMILES string of the molecule is CCOC1CCN(c2cc(N)cc(OC(C)C)c2)CC1. The van der Waals surface area contributed by atoms with Crippen molar-refractivity contribution in [1.82, 2.24) is 0 Å². The van der Waals surface area contributed by atoms with Gasteiger partial charge in [-0.1, -0.05) is 0 Å². The molecule has 1 saturated heterocycles. The topological polar surface area (TPSA) is 47.7 Å². The number of rotatable bonds is 5. The fourth-order valence-electron chi connectivity index (χ4n) is 2.64. The number of nitrogens with zero attached hydrogens (tertiary/aromatic N) is 1. The van der Waals surface area contributed by atoms with E-state index in [1.165, 1.54) is 0 Å². The van der Waals surface area contributed by atoms with Crippen LogP contribution in [0.4, 0.5) is 11.4 Å². The summed E-state index contributed by atoms with van der Waals surface area (Å²) in [7, 11) is 0. The van der Waals surface area contributed by atoms with Gasteiger partial charge in [-0.25, -0.2) is 0 Å². The Bertz CT molecular complexity index is 426. The normalized spacial score (nSPS) is 16.7. The lowest BCUT2D eigenvalue weighted by Crippen LogP contribution is -2.37. The summed E-state index contributed by atoms with van der Waals surface area (Å²) < 4.78 is 11.4. The van der Waals surface area contributed by atoms with Crippen LogP contribution in [0.2, 0.25) is 0 Å². The van der Waals surface area contributed by atoms with Crippen LogP contribution in [0.1, 0.15) is 33.6 Å². The molecule has 4 nitrogen and oxygen atoms in total. The number of nitrogens with two attached hydrogens (primary N) is 1. The average molecular weight is 278 g/mol. The van der Waals surface area contributed by atoms with Gasteiger partial charge in [0, 0.05) is 43.2 Å². The molecular weight excluding hydrogens is 252 g/mol. The Morgan fingerprint density at radius 1 is 1.25 bits per heavy atom. The molecule has 0 aliphatic carbocycles. The highest BCUT2D eigenvalue weighted by atomic mass is 16.5. The van der Waals surface area contributed by atoms with Crippen LogP contribution in [-0.2, 0) is 4.74 Å². The van der Waals surface area contributed by atoms with Crippen molar-refractivity contribution in [3.05, 3.63) is 18.2 Å². The number of nitrogen functional groups attached to an aromatic ring is 1. The van der Waals surface area contributed by atoms with Crippen LogP contribution >= 0.6 is 0 Å². The zero-order chi connectivity index (χ0) is 14.5. The second kappa shape index (κ2) is 6.84. The van der Waals surface area contributed by atoms with E-state index in [2.05, 4.69) is 17.9 Å². The predicted molar refractivity (Wildman–Crippen MR) is 83.5 cm³/mol. The van der Waals surface area contributed by atoms with Gasteiger partial charge >= 0.3 is 0 Å². The van der Waals surface area contributed by atoms with E-state index in [4.69, 9.17) is 15.2 Å². The van der Waals surface area contributed by atoms with Crippen molar-refractivity contribution in [1.29, 1.82) is 0 Å². The quantitative estimate of drug-likeness (QED) is 0.841. The lowest BCUT2D eigenvalue weighted by atomic mass is 10.1. The van der Waals surface area contributed by atoms with Crippen LogP contribution in [0.3, 0.4) is 0 Å². The van der Waals surface area contributed by atoms with Gasteiger partial charge in [-0.05, 0) is 39.7 Å². The second-order valence-corrected chi connectivity index (χ2v) is 5.57. The summed E-state index contributed by atoms with van der Waals surface area (Å²) >= 11 is 0. The molecule has 1 aromatic carbocycles. The maximum Gasteiger partial charge on any atom is 0.123 e. The fourth-order valence-corrected chi connectivity index (χ4v) is 2.64. The second-order valence-electron chi connectivity index (χ2n) is 5.57. The third-order valence-electron chi connectivity index (χ3n) is 3.49. The number of anilines is 2. The van der Waals surface area contributed by atoms with Crippen molar-refractivity contribution in [2.24, 2.45) is 0 Å². The molecule has 112 valence electrons. The number of hydrogen-bond acceptors (Lipinski definition) is 4. The van der Waals surface area contributed by atoms with E-state index in [1.807, 2.05) is 26.0 Å². The molecule has 0 atom stereocenters. The molecule has 1 aliphatic rings. The third-order valence-corrected chi connectivity index (χ3v) is 3.49. The zero-order valence-electron chi connectivity index (χ0n) is 12.8. The third kappa shape index (κ3) is 4.04. The molecule has 1 heterocycles. The summed E-state index contributed by atoms with van der Waals surface area (Å²) in [5, 5.41) is 0. The minimum atomic E-state index is 0.161. The van der Waals surface area contributed by atoms with Gasteiger partial charge in [-0.15, -0.1) is 0 Å². The first kappa shape index (κ1) is 15.0. The summed E-state index contributed by atoms with van der Waals surface area (Å²) in [6.07, 6.45) is 2.71. The number of piperidine rings is 1. The molecule has 1 aliphatic heterocycles. The van der Waals surface area contributed by atoms with Crippen LogP contribution in [-0.4, -0.2) is 31.9 Å². The minimum absolute atomic E-state index is 0.161. The van der Waals surface area contributed by atoms with Gasteiger partial charge in [0.1, 0.15) is 5.75 Å². The van der Waals surface area contributed by atoms with Gasteiger partial charge in [-0.2, -0.15) is 0 Å². The molecule has 0 spiro atoms. The number of ether oxygens (including phenoxy) is 2. The monoisotopic (exact) mass is 278 g/mol. The maximum atomic E-state index is 5.99. The van der Waals surface area contributed by atoms with Gasteiger partial charge in [0.25, 0.3) is 0 Å². The van der Waals surface area contributed by atoms with Crippen molar-refractivity contribution < 1.29 is 9.47 Å². The molecule has 0 radical (unpaired) electrons. The molecule has 2 rings (SSSR count). The summed E-state index contributed by atoms with van der Waals surface area (Å²) in [5.74, 6) is 0.849. The molecule has 4 heteroatoms. The zero-order valence-corrected chi connectivity index (χ0v) is 12.8. The van der Waals surface area contributed by atoms with E-state index >= 15 is 0 Å². The van der Waals surface area contributed by atoms with Crippen molar-refractivity contribution in [2.45, 2.75) is 45.8 Å². The van der Waals surface area contributed by atoms with E-state index < -0.39 is 0 Å². The Labute approximate surface area is 121 Å². The van der Waals surface area contributed by atoms with Crippen LogP contribution < -0.4 is 15.4 Å². The molecular formula is C16H26N2O2. The molecule has 0 aromatic heterocycles. The molecule has 1 fully saturated rings. The van der Waals surface area contributed by atoms with Crippen molar-refractivity contribution in [3.8, 4) is 5.75 Å². The summed E-state index contributed by atoms with van der Waals surface area (Å²) in [5.41, 5.74) is 7.89. The molecule has 1 aromatic rings. The number of benzene rings is 1. The van der Waals surface area contributed by atoms with Gasteiger partial charge in [0.05, 0.1) is 12.2 Å². The first-order chi connectivity index (χ1) is 9.58. The van der Waals surface area contributed by atoms with Crippen LogP contribution in [0.15, 0.2) is 18.2 Å². The maximum absolute atomic E-state index is 5.99. The van der Waals surface area contributed by atoms with Crippen molar-refractivity contribution in [3.63, 3.8) is 0 Å². The van der Waals surface area contributed by atoms with Crippen LogP contribution in [0.5, 0.6) is 5.75 Å². The molecule has 2 N–H and O–H groups in total. The minimum Gasteiger partial charge on any atom is -0.491 e. The molecule has 20 heavy (non-hydrogen) atoms. The summed E-state index contributed by atoms with van der Waals surface area (Å²) in [6.45, 7) is 8.92. The highest BCUT2D eigenvalue weighted by Gasteiger charge is 2.20. The highest BCUT2D eigenvalue weighted by molar-refractivity contribution is 5.60. The van der Waals surface area contributed by atoms with Gasteiger partial charge < -0.3 is 20.1 Å². The van der Waals surface area contributed by atoms with E-state index in [-0.39, 0.29) is 6.10 Å². The summed E-state index contributed by atoms with van der Waals surface area (Å²) in [4.78, 5) is 2.36. The van der Waals surface area contributed by atoms with Gasteiger partial charge in [0.15, 0.2) is 0 Å². The molecule has 0 saturated carbocycles. The van der Waals surface area contributed by atoms with Gasteiger partial charge in [-0.3, -0.25) is 0 Å². The number of hydrogen-bond donors (Lipinski definition) is 1. The van der Waals surface area contributed by atoms with Crippen molar-refractivity contribution >= 4 is 11.4 Å². The summed E-state index contributed by atoms with van der Waals surface area (Å²) in [6, 6.07) is 5.99. The van der Waals surface area contributed by atoms with E-state index in [1.54, 1.807) is 0 Å². The largest absolute Gasteiger partial charge is 0.491 e. The van der Waals surface area contributed by atoms with E-state index in [0.29, 0.717) is 6.10 Å². The Balaban J connectivity index is 2.03. The van der Waals surface area contributed by atoms with E-state index in [0.717, 1.165) is 49.7 Å². The first-order valence-electron chi connectivity index (χ1n) is 7.52. The predicted octanol–water partition coefficient (Wildman–Crippen LogP) is 3.06. The van der Waals surface area contributed by atoms with Gasteiger partial charge in [0.2, 0.25) is 0 Å². The Morgan fingerprint density at radius 2 is 1.95 bits per heavy atom. The first-order valence-corrected chi connectivity index (χ1v) is 7.52. The lowest BCUT2D eigenvalue weighted by Gasteiger charge is -2.33. The fraction of sp³-hybridized carbons (Fsp3) is 0.625. The smallest absolute Gasteiger partial charge is 0.123 e. The molecule has 0 amide bonds. The van der Waals surface area contributed by atoms with Crippen LogP contribution in [0, 0.1) is 0 Å². The lowest BCUT2D eigenvalue weighted by molar-refractivity contribution is 0.0459. The van der Waals surface area contributed by atoms with Crippen molar-refractivity contribution in [2.75, 3.05) is 30.3 Å². The average Bonchev–Trinajstić information content (AvgIpc) is 2.38. The Kier molecular flexibility index (Phi) is 5.12. The Hall–Kier alpha value is -1.42. The van der Waals surface area contributed by atoms with Crippen LogP contribution in [0.25, 0.3) is 0 Å². The molecule has 0 bridgehead atoms. The molecule has 0 unspecified atom stereocenters.